The van der Waals surface area contributed by atoms with Crippen molar-refractivity contribution in [3.8, 4) is 0 Å². The fraction of sp³-hybridized carbons (Fsp3) is 0.900. The minimum atomic E-state index is -0.486. The summed E-state index contributed by atoms with van der Waals surface area (Å²) in [7, 11) is 0. The number of esters is 1. The molecule has 82 valence electrons. The van der Waals surface area contributed by atoms with Gasteiger partial charge in [-0.1, -0.05) is 20.3 Å². The Bertz CT molecular complexity index is 202. The van der Waals surface area contributed by atoms with E-state index in [2.05, 4.69) is 12.2 Å². The molecule has 1 heterocycles. The molecule has 0 amide bonds. The highest BCUT2D eigenvalue weighted by Crippen LogP contribution is 2.25. The van der Waals surface area contributed by atoms with Gasteiger partial charge >= 0.3 is 5.97 Å². The maximum Gasteiger partial charge on any atom is 0.323 e. The van der Waals surface area contributed by atoms with Gasteiger partial charge in [0.05, 0.1) is 6.61 Å². The number of nitrogens with one attached hydrogen (secondary N) is 1. The Labute approximate surface area is 85.2 Å². The number of nitrogens with two attached hydrogens (primary N) is 1. The predicted molar refractivity (Wildman–Crippen MR) is 54.8 cm³/mol. The Morgan fingerprint density at radius 2 is 2.29 bits per heavy atom. The highest BCUT2D eigenvalue weighted by atomic mass is 16.5. The van der Waals surface area contributed by atoms with Crippen LogP contribution in [0.15, 0.2) is 0 Å². The summed E-state index contributed by atoms with van der Waals surface area (Å²) in [6.07, 6.45) is 1.94. The van der Waals surface area contributed by atoms with Gasteiger partial charge in [0.2, 0.25) is 0 Å². The molecule has 1 atom stereocenters. The van der Waals surface area contributed by atoms with Crippen LogP contribution in [0.1, 0.15) is 26.7 Å². The molecule has 4 heteroatoms. The van der Waals surface area contributed by atoms with E-state index in [4.69, 9.17) is 10.5 Å². The van der Waals surface area contributed by atoms with Crippen LogP contribution < -0.4 is 11.1 Å². The molecule has 0 aliphatic carbocycles. The third-order valence-electron chi connectivity index (χ3n) is 2.80. The molecule has 0 aromatic rings. The molecule has 1 fully saturated rings. The fourth-order valence-electron chi connectivity index (χ4n) is 1.43. The largest absolute Gasteiger partial charge is 0.465 e. The third kappa shape index (κ3) is 2.45. The molecule has 0 saturated carbocycles. The molecule has 0 spiro atoms. The van der Waals surface area contributed by atoms with Gasteiger partial charge in [-0.05, 0) is 6.42 Å². The molecule has 0 aromatic carbocycles. The summed E-state index contributed by atoms with van der Waals surface area (Å²) in [5.41, 5.74) is 5.72. The minimum absolute atomic E-state index is 0.108. The summed E-state index contributed by atoms with van der Waals surface area (Å²) in [5.74, 6) is -0.262. The van der Waals surface area contributed by atoms with Crippen LogP contribution in [0.3, 0.4) is 0 Å². The molecular weight excluding hydrogens is 180 g/mol. The van der Waals surface area contributed by atoms with Crippen molar-refractivity contribution < 1.29 is 9.53 Å². The summed E-state index contributed by atoms with van der Waals surface area (Å²) < 4.78 is 5.07. The summed E-state index contributed by atoms with van der Waals surface area (Å²) in [6.45, 7) is 6.17. The van der Waals surface area contributed by atoms with Crippen molar-refractivity contribution in [1.82, 2.24) is 5.32 Å². The molecule has 14 heavy (non-hydrogen) atoms. The van der Waals surface area contributed by atoms with E-state index in [-0.39, 0.29) is 11.4 Å². The SMILES string of the molecule is CCCCOC(=O)[C@@H](N)C1(C)CNC1. The number of rotatable bonds is 5. The Balaban J connectivity index is 2.29. The van der Waals surface area contributed by atoms with Crippen LogP contribution in [0.4, 0.5) is 0 Å². The monoisotopic (exact) mass is 200 g/mol. The van der Waals surface area contributed by atoms with Gasteiger partial charge in [0.25, 0.3) is 0 Å². The van der Waals surface area contributed by atoms with E-state index >= 15 is 0 Å². The quantitative estimate of drug-likeness (QED) is 0.494. The molecule has 0 aromatic heterocycles. The van der Waals surface area contributed by atoms with E-state index < -0.39 is 6.04 Å². The maximum atomic E-state index is 11.5. The second-order valence-electron chi connectivity index (χ2n) is 4.26. The number of unbranched alkanes of at least 4 members (excludes halogenated alkanes) is 1. The van der Waals surface area contributed by atoms with Gasteiger partial charge in [0.1, 0.15) is 6.04 Å². The molecular formula is C10H20N2O2. The van der Waals surface area contributed by atoms with E-state index in [9.17, 15) is 4.79 Å². The summed E-state index contributed by atoms with van der Waals surface area (Å²) in [4.78, 5) is 11.5. The Morgan fingerprint density at radius 1 is 1.64 bits per heavy atom. The average molecular weight is 200 g/mol. The van der Waals surface area contributed by atoms with Crippen LogP contribution in [0, 0.1) is 5.41 Å². The first-order valence-corrected chi connectivity index (χ1v) is 5.23. The van der Waals surface area contributed by atoms with Crippen molar-refractivity contribution in [3.05, 3.63) is 0 Å². The first-order valence-electron chi connectivity index (χ1n) is 5.23. The summed E-state index contributed by atoms with van der Waals surface area (Å²) >= 11 is 0. The van der Waals surface area contributed by atoms with Crippen LogP contribution >= 0.6 is 0 Å². The number of carbonyl (C=O) groups excluding carboxylic acids is 1. The Morgan fingerprint density at radius 3 is 2.71 bits per heavy atom. The lowest BCUT2D eigenvalue weighted by Gasteiger charge is -2.42. The second kappa shape index (κ2) is 4.75. The van der Waals surface area contributed by atoms with E-state index in [0.717, 1.165) is 25.9 Å². The highest BCUT2D eigenvalue weighted by molar-refractivity contribution is 5.76. The zero-order chi connectivity index (χ0) is 10.6. The van der Waals surface area contributed by atoms with Gasteiger partial charge in [-0.3, -0.25) is 4.79 Å². The van der Waals surface area contributed by atoms with E-state index in [1.54, 1.807) is 0 Å². The Kier molecular flexibility index (Phi) is 3.89. The topological polar surface area (TPSA) is 64.3 Å². The van der Waals surface area contributed by atoms with E-state index in [0.29, 0.717) is 6.61 Å². The van der Waals surface area contributed by atoms with Gasteiger partial charge in [-0.2, -0.15) is 0 Å². The van der Waals surface area contributed by atoms with Crippen LogP contribution in [0.2, 0.25) is 0 Å². The van der Waals surface area contributed by atoms with Crippen LogP contribution in [0.25, 0.3) is 0 Å². The van der Waals surface area contributed by atoms with Gasteiger partial charge in [0.15, 0.2) is 0 Å². The Hall–Kier alpha value is -0.610. The van der Waals surface area contributed by atoms with Crippen molar-refractivity contribution in [2.24, 2.45) is 11.1 Å². The van der Waals surface area contributed by atoms with Crippen LogP contribution in [-0.2, 0) is 9.53 Å². The van der Waals surface area contributed by atoms with E-state index in [1.165, 1.54) is 0 Å². The van der Waals surface area contributed by atoms with Gasteiger partial charge in [0, 0.05) is 18.5 Å². The molecule has 4 nitrogen and oxygen atoms in total. The lowest BCUT2D eigenvalue weighted by atomic mass is 9.77. The predicted octanol–water partition coefficient (Wildman–Crippen LogP) is 0.267. The standard InChI is InChI=1S/C10H20N2O2/c1-3-4-5-14-9(13)8(11)10(2)6-12-7-10/h8,12H,3-7,11H2,1-2H3/t8-/m1/s1. The summed E-state index contributed by atoms with van der Waals surface area (Å²) in [5, 5.41) is 3.12. The van der Waals surface area contributed by atoms with Crippen molar-refractivity contribution in [2.45, 2.75) is 32.7 Å². The van der Waals surface area contributed by atoms with Crippen molar-refractivity contribution in [2.75, 3.05) is 19.7 Å². The number of ether oxygens (including phenoxy) is 1. The molecule has 1 rings (SSSR count). The van der Waals surface area contributed by atoms with Crippen molar-refractivity contribution >= 4 is 5.97 Å². The molecule has 3 N–H and O–H groups in total. The first kappa shape index (κ1) is 11.5. The minimum Gasteiger partial charge on any atom is -0.465 e. The zero-order valence-corrected chi connectivity index (χ0v) is 9.01. The highest BCUT2D eigenvalue weighted by Gasteiger charge is 2.42. The van der Waals surface area contributed by atoms with E-state index in [1.807, 2.05) is 6.92 Å². The van der Waals surface area contributed by atoms with Crippen molar-refractivity contribution in [3.63, 3.8) is 0 Å². The lowest BCUT2D eigenvalue weighted by Crippen LogP contribution is -2.63. The zero-order valence-electron chi connectivity index (χ0n) is 9.01. The molecule has 0 unspecified atom stereocenters. The second-order valence-corrected chi connectivity index (χ2v) is 4.26. The van der Waals surface area contributed by atoms with Gasteiger partial charge in [-0.25, -0.2) is 0 Å². The first-order chi connectivity index (χ1) is 6.60. The van der Waals surface area contributed by atoms with Crippen LogP contribution in [0.5, 0.6) is 0 Å². The number of hydrogen-bond acceptors (Lipinski definition) is 4. The normalized spacial score (nSPS) is 21.1. The number of hydrogen-bond donors (Lipinski definition) is 2. The maximum absolute atomic E-state index is 11.5. The molecule has 1 aliphatic heterocycles. The smallest absolute Gasteiger partial charge is 0.323 e. The van der Waals surface area contributed by atoms with Gasteiger partial charge < -0.3 is 15.8 Å². The number of carbonyl (C=O) groups is 1. The van der Waals surface area contributed by atoms with Crippen LogP contribution in [-0.4, -0.2) is 31.7 Å². The molecule has 1 saturated heterocycles. The van der Waals surface area contributed by atoms with Gasteiger partial charge in [-0.15, -0.1) is 0 Å². The molecule has 0 radical (unpaired) electrons. The molecule has 0 bridgehead atoms. The molecule has 1 aliphatic rings. The lowest BCUT2D eigenvalue weighted by molar-refractivity contribution is -0.149. The van der Waals surface area contributed by atoms with Crippen molar-refractivity contribution in [1.29, 1.82) is 0 Å². The fourth-order valence-corrected chi connectivity index (χ4v) is 1.43. The summed E-state index contributed by atoms with van der Waals surface area (Å²) in [6, 6.07) is -0.486. The average Bonchev–Trinajstić information content (AvgIpc) is 2.13. The third-order valence-corrected chi connectivity index (χ3v) is 2.80.